The van der Waals surface area contributed by atoms with Gasteiger partial charge >= 0.3 is 0 Å². The van der Waals surface area contributed by atoms with Crippen molar-refractivity contribution in [2.75, 3.05) is 13.1 Å². The average molecular weight is 466 g/mol. The molecule has 1 aliphatic heterocycles. The number of amides is 1. The van der Waals surface area contributed by atoms with Crippen LogP contribution in [-0.2, 0) is 27.8 Å². The van der Waals surface area contributed by atoms with Gasteiger partial charge in [0.25, 0.3) is 5.56 Å². The number of sulfonamides is 1. The Balaban J connectivity index is 1.53. The van der Waals surface area contributed by atoms with E-state index >= 15 is 0 Å². The van der Waals surface area contributed by atoms with E-state index in [-0.39, 0.29) is 23.4 Å². The number of rotatable bonds is 8. The zero-order valence-corrected chi connectivity index (χ0v) is 19.1. The van der Waals surface area contributed by atoms with Gasteiger partial charge in [0.1, 0.15) is 6.54 Å². The monoisotopic (exact) mass is 465 g/mol. The molecule has 2 aromatic carbocycles. The molecule has 8 heteroatoms. The minimum atomic E-state index is -3.68. The highest BCUT2D eigenvalue weighted by atomic mass is 32.2. The maximum Gasteiger partial charge on any atom is 0.251 e. The molecule has 33 heavy (non-hydrogen) atoms. The first-order valence-corrected chi connectivity index (χ1v) is 12.5. The fourth-order valence-corrected chi connectivity index (χ4v) is 5.58. The summed E-state index contributed by atoms with van der Waals surface area (Å²) in [7, 11) is -3.68. The molecule has 172 valence electrons. The van der Waals surface area contributed by atoms with Crippen LogP contribution in [0.3, 0.4) is 0 Å². The van der Waals surface area contributed by atoms with Gasteiger partial charge in [-0.3, -0.25) is 9.59 Å². The van der Waals surface area contributed by atoms with Crippen LogP contribution in [0.2, 0.25) is 0 Å². The van der Waals surface area contributed by atoms with Gasteiger partial charge in [0.15, 0.2) is 0 Å². The zero-order chi connectivity index (χ0) is 23.3. The standard InChI is InChI=1S/C25H27N3O4S/c29-24(26-23(21-11-5-2-6-12-21)17-20-9-3-1-4-10-20)19-27-18-22(13-14-25(27)30)33(31,32)28-15-7-8-16-28/h1-6,9-14,18,23H,7-8,15-17,19H2,(H,26,29). The van der Waals surface area contributed by atoms with Crippen LogP contribution in [0, 0.1) is 0 Å². The first-order valence-electron chi connectivity index (χ1n) is 11.0. The van der Waals surface area contributed by atoms with Gasteiger partial charge in [-0.2, -0.15) is 4.31 Å². The summed E-state index contributed by atoms with van der Waals surface area (Å²) in [5.74, 6) is -0.363. The third-order valence-corrected chi connectivity index (χ3v) is 7.68. The van der Waals surface area contributed by atoms with Crippen LogP contribution in [0.5, 0.6) is 0 Å². The topological polar surface area (TPSA) is 88.5 Å². The number of hydrogen-bond donors (Lipinski definition) is 1. The van der Waals surface area contributed by atoms with E-state index in [9.17, 15) is 18.0 Å². The zero-order valence-electron chi connectivity index (χ0n) is 18.3. The first-order chi connectivity index (χ1) is 15.9. The van der Waals surface area contributed by atoms with Crippen LogP contribution in [0.4, 0.5) is 0 Å². The van der Waals surface area contributed by atoms with Crippen molar-refractivity contribution in [1.82, 2.24) is 14.2 Å². The van der Waals surface area contributed by atoms with Crippen molar-refractivity contribution < 1.29 is 13.2 Å². The fraction of sp³-hybridized carbons (Fsp3) is 0.280. The molecular formula is C25H27N3O4S. The van der Waals surface area contributed by atoms with Crippen LogP contribution in [0.15, 0.2) is 88.7 Å². The summed E-state index contributed by atoms with van der Waals surface area (Å²) in [5.41, 5.74) is 1.60. The molecule has 1 atom stereocenters. The van der Waals surface area contributed by atoms with Crippen LogP contribution in [0.25, 0.3) is 0 Å². The molecule has 0 radical (unpaired) electrons. The molecular weight excluding hydrogens is 438 g/mol. The molecule has 1 aromatic heterocycles. The Labute approximate surface area is 193 Å². The van der Waals surface area contributed by atoms with Crippen molar-refractivity contribution in [3.63, 3.8) is 0 Å². The van der Waals surface area contributed by atoms with E-state index in [1.54, 1.807) is 0 Å². The predicted octanol–water partition coefficient (Wildman–Crippen LogP) is 2.73. The van der Waals surface area contributed by atoms with Gasteiger partial charge in [-0.05, 0) is 36.5 Å². The van der Waals surface area contributed by atoms with Gasteiger partial charge < -0.3 is 9.88 Å². The quantitative estimate of drug-likeness (QED) is 0.554. The molecule has 1 amide bonds. The maximum absolute atomic E-state index is 12.9. The number of benzene rings is 2. The van der Waals surface area contributed by atoms with Crippen molar-refractivity contribution in [2.24, 2.45) is 0 Å². The molecule has 1 unspecified atom stereocenters. The molecule has 0 bridgehead atoms. The number of carbonyl (C=O) groups excluding carboxylic acids is 1. The molecule has 3 aromatic rings. The van der Waals surface area contributed by atoms with E-state index in [0.29, 0.717) is 19.5 Å². The second kappa shape index (κ2) is 10.1. The number of nitrogens with zero attached hydrogens (tertiary/aromatic N) is 2. The Bertz CT molecular complexity index is 1250. The second-order valence-corrected chi connectivity index (χ2v) is 10.1. The van der Waals surface area contributed by atoms with Crippen molar-refractivity contribution >= 4 is 15.9 Å². The maximum atomic E-state index is 12.9. The third kappa shape index (κ3) is 5.58. The lowest BCUT2D eigenvalue weighted by Crippen LogP contribution is -2.36. The van der Waals surface area contributed by atoms with Gasteiger partial charge in [0.2, 0.25) is 15.9 Å². The van der Waals surface area contributed by atoms with Crippen LogP contribution < -0.4 is 10.9 Å². The SMILES string of the molecule is O=C(Cn1cc(S(=O)(=O)N2CCCC2)ccc1=O)NC(Cc1ccccc1)c1ccccc1. The van der Waals surface area contributed by atoms with Gasteiger partial charge in [-0.15, -0.1) is 0 Å². The molecule has 7 nitrogen and oxygen atoms in total. The Hall–Kier alpha value is -3.23. The van der Waals surface area contributed by atoms with Crippen molar-refractivity contribution in [1.29, 1.82) is 0 Å². The molecule has 1 fully saturated rings. The lowest BCUT2D eigenvalue weighted by Gasteiger charge is -2.20. The number of aromatic nitrogens is 1. The number of carbonyl (C=O) groups is 1. The van der Waals surface area contributed by atoms with Gasteiger partial charge in [-0.1, -0.05) is 60.7 Å². The molecule has 1 N–H and O–H groups in total. The Kier molecular flexibility index (Phi) is 7.05. The van der Waals surface area contributed by atoms with E-state index in [0.717, 1.165) is 28.5 Å². The first kappa shape index (κ1) is 22.9. The van der Waals surface area contributed by atoms with Crippen LogP contribution in [-0.4, -0.2) is 36.3 Å². The number of nitrogens with one attached hydrogen (secondary N) is 1. The van der Waals surface area contributed by atoms with E-state index in [1.807, 2.05) is 60.7 Å². The second-order valence-electron chi connectivity index (χ2n) is 8.16. The molecule has 1 saturated heterocycles. The lowest BCUT2D eigenvalue weighted by molar-refractivity contribution is -0.122. The summed E-state index contributed by atoms with van der Waals surface area (Å²) in [6.07, 6.45) is 3.51. The molecule has 4 rings (SSSR count). The van der Waals surface area contributed by atoms with Crippen LogP contribution >= 0.6 is 0 Å². The summed E-state index contributed by atoms with van der Waals surface area (Å²) in [6.45, 7) is 0.681. The smallest absolute Gasteiger partial charge is 0.251 e. The summed E-state index contributed by atoms with van der Waals surface area (Å²) < 4.78 is 28.3. The molecule has 1 aliphatic rings. The number of pyridine rings is 1. The normalized spacial score (nSPS) is 15.3. The number of hydrogen-bond acceptors (Lipinski definition) is 4. The minimum absolute atomic E-state index is 0.0284. The van der Waals surface area contributed by atoms with Gasteiger partial charge in [0, 0.05) is 25.4 Å². The summed E-state index contributed by atoms with van der Waals surface area (Å²) >= 11 is 0. The largest absolute Gasteiger partial charge is 0.347 e. The predicted molar refractivity (Wildman–Crippen MR) is 126 cm³/mol. The van der Waals surface area contributed by atoms with Crippen molar-refractivity contribution in [3.05, 3.63) is 100 Å². The third-order valence-electron chi connectivity index (χ3n) is 5.79. The lowest BCUT2D eigenvalue weighted by atomic mass is 9.99. The Morgan fingerprint density at radius 2 is 1.55 bits per heavy atom. The molecule has 2 heterocycles. The van der Waals surface area contributed by atoms with E-state index in [1.165, 1.54) is 22.6 Å². The summed E-state index contributed by atoms with van der Waals surface area (Å²) in [4.78, 5) is 25.3. The average Bonchev–Trinajstić information content (AvgIpc) is 3.37. The van der Waals surface area contributed by atoms with Gasteiger partial charge in [0.05, 0.1) is 10.9 Å². The van der Waals surface area contributed by atoms with E-state index in [2.05, 4.69) is 5.32 Å². The van der Waals surface area contributed by atoms with Crippen LogP contribution in [0.1, 0.15) is 30.0 Å². The molecule has 0 spiro atoms. The summed E-state index contributed by atoms with van der Waals surface area (Å²) in [5, 5.41) is 3.01. The highest BCUT2D eigenvalue weighted by Crippen LogP contribution is 2.20. The fourth-order valence-electron chi connectivity index (χ4n) is 4.05. The van der Waals surface area contributed by atoms with Crippen molar-refractivity contribution in [2.45, 2.75) is 36.7 Å². The Morgan fingerprint density at radius 1 is 0.909 bits per heavy atom. The highest BCUT2D eigenvalue weighted by Gasteiger charge is 2.28. The van der Waals surface area contributed by atoms with E-state index in [4.69, 9.17) is 0 Å². The Morgan fingerprint density at radius 3 is 2.21 bits per heavy atom. The van der Waals surface area contributed by atoms with Crippen molar-refractivity contribution in [3.8, 4) is 0 Å². The van der Waals surface area contributed by atoms with Gasteiger partial charge in [-0.25, -0.2) is 8.42 Å². The molecule has 0 saturated carbocycles. The minimum Gasteiger partial charge on any atom is -0.347 e. The summed E-state index contributed by atoms with van der Waals surface area (Å²) in [6, 6.07) is 21.7. The van der Waals surface area contributed by atoms with E-state index < -0.39 is 15.6 Å². The molecule has 0 aliphatic carbocycles. The highest BCUT2D eigenvalue weighted by molar-refractivity contribution is 7.89.